The van der Waals surface area contributed by atoms with Crippen LogP contribution in [-0.2, 0) is 4.74 Å². The van der Waals surface area contributed by atoms with Crippen LogP contribution in [0.1, 0.15) is 32.3 Å². The Kier molecular flexibility index (Phi) is 6.44. The first-order valence-corrected chi connectivity index (χ1v) is 11.3. The van der Waals surface area contributed by atoms with Gasteiger partial charge in [0.15, 0.2) is 0 Å². The van der Waals surface area contributed by atoms with Crippen LogP contribution in [0.5, 0.6) is 0 Å². The fourth-order valence-corrected chi connectivity index (χ4v) is 4.75. The number of hydrogen-bond donors (Lipinski definition) is 3. The molecule has 1 aliphatic rings. The number of benzene rings is 2. The number of carbonyl (C=O) groups is 1. The Balaban J connectivity index is 1.79. The molecule has 5 N–H and O–H groups in total. The molecule has 8 nitrogen and oxygen atoms in total. The van der Waals surface area contributed by atoms with E-state index in [9.17, 15) is 20.6 Å². The zero-order valence-corrected chi connectivity index (χ0v) is 19.4. The van der Waals surface area contributed by atoms with Crippen LogP contribution in [0.3, 0.4) is 0 Å². The summed E-state index contributed by atoms with van der Waals surface area (Å²) in [6.07, 6.45) is 0. The van der Waals surface area contributed by atoms with Gasteiger partial charge in [-0.15, -0.1) is 11.3 Å². The minimum atomic E-state index is -0.777. The molecule has 1 aliphatic heterocycles. The second-order valence-corrected chi connectivity index (χ2v) is 8.77. The highest BCUT2D eigenvalue weighted by Crippen LogP contribution is 2.42. The molecule has 1 aromatic heterocycles. The van der Waals surface area contributed by atoms with Crippen LogP contribution >= 0.6 is 22.9 Å². The molecule has 1 unspecified atom stereocenters. The zero-order valence-electron chi connectivity index (χ0n) is 17.9. The molecule has 0 saturated carbocycles. The van der Waals surface area contributed by atoms with Crippen LogP contribution in [0.4, 0.5) is 10.7 Å². The number of hydrogen-bond acceptors (Lipinski definition) is 9. The van der Waals surface area contributed by atoms with Crippen LogP contribution in [0, 0.1) is 34.0 Å². The van der Waals surface area contributed by atoms with Gasteiger partial charge >= 0.3 is 0 Å². The van der Waals surface area contributed by atoms with E-state index in [4.69, 9.17) is 27.8 Å². The van der Waals surface area contributed by atoms with Gasteiger partial charge in [0.1, 0.15) is 44.8 Å². The van der Waals surface area contributed by atoms with Crippen molar-refractivity contribution in [3.63, 3.8) is 0 Å². The van der Waals surface area contributed by atoms with E-state index < -0.39 is 5.92 Å². The fourth-order valence-electron chi connectivity index (χ4n) is 3.59. The number of nitrogens with two attached hydrogens (primary N) is 2. The number of ether oxygens (including phenoxy) is 1. The summed E-state index contributed by atoms with van der Waals surface area (Å²) in [5.74, 6) is -1.40. The highest BCUT2D eigenvalue weighted by atomic mass is 35.5. The second-order valence-electron chi connectivity index (χ2n) is 7.31. The van der Waals surface area contributed by atoms with Gasteiger partial charge < -0.3 is 21.5 Å². The average Bonchev–Trinajstić information content (AvgIpc) is 3.18. The summed E-state index contributed by atoms with van der Waals surface area (Å²) in [5.41, 5.74) is 13.4. The third-order valence-electron chi connectivity index (χ3n) is 5.27. The number of nitrogens with zero attached hydrogens (tertiary/aromatic N) is 3. The molecule has 3 aromatic rings. The molecule has 35 heavy (non-hydrogen) atoms. The van der Waals surface area contributed by atoms with E-state index in [2.05, 4.69) is 11.4 Å². The Morgan fingerprint density at radius 2 is 1.63 bits per heavy atom. The third kappa shape index (κ3) is 4.28. The number of nitriles is 3. The lowest BCUT2D eigenvalue weighted by Gasteiger charge is -2.26. The standard InChI is InChI=1S/C25H15ClN6O2S/c26-15-8-6-14(7-9-15)21(33)22-20(30)18(12-29)25(35-22)32-24-17(11-28)19(13-4-2-1-3-5-13)16(10-27)23(31)34-24/h1-9,19,32H,30-31H2. The lowest BCUT2D eigenvalue weighted by molar-refractivity contribution is 0.104. The number of carbonyl (C=O) groups excluding carboxylic acids is 1. The molecule has 1 atom stereocenters. The number of nitrogen functional groups attached to an aromatic ring is 1. The molecule has 2 heterocycles. The lowest BCUT2D eigenvalue weighted by Crippen LogP contribution is -2.23. The number of anilines is 2. The van der Waals surface area contributed by atoms with Crippen molar-refractivity contribution in [3.8, 4) is 18.2 Å². The van der Waals surface area contributed by atoms with Crippen molar-refractivity contribution in [3.05, 3.63) is 104 Å². The van der Waals surface area contributed by atoms with Gasteiger partial charge in [-0.3, -0.25) is 4.79 Å². The van der Waals surface area contributed by atoms with Crippen LogP contribution in [0.2, 0.25) is 5.02 Å². The zero-order chi connectivity index (χ0) is 25.1. The predicted molar refractivity (Wildman–Crippen MR) is 132 cm³/mol. The largest absolute Gasteiger partial charge is 0.423 e. The van der Waals surface area contributed by atoms with Crippen molar-refractivity contribution in [2.75, 3.05) is 11.1 Å². The molecule has 2 aromatic carbocycles. The molecule has 0 radical (unpaired) electrons. The van der Waals surface area contributed by atoms with Gasteiger partial charge in [-0.1, -0.05) is 41.9 Å². The van der Waals surface area contributed by atoms with E-state index in [1.165, 1.54) is 0 Å². The minimum absolute atomic E-state index is 0.00398. The number of halogens is 1. The lowest BCUT2D eigenvalue weighted by atomic mass is 9.84. The number of allylic oxidation sites excluding steroid dienone is 2. The molecule has 0 saturated heterocycles. The van der Waals surface area contributed by atoms with Crippen LogP contribution in [-0.4, -0.2) is 5.78 Å². The van der Waals surface area contributed by atoms with Crippen molar-refractivity contribution >= 4 is 39.4 Å². The topological polar surface area (TPSA) is 162 Å². The Morgan fingerprint density at radius 3 is 2.23 bits per heavy atom. The first kappa shape index (κ1) is 23.4. The van der Waals surface area contributed by atoms with Gasteiger partial charge in [0.25, 0.3) is 0 Å². The fraction of sp³-hybridized carbons (Fsp3) is 0.0400. The molecule has 0 spiro atoms. The van der Waals surface area contributed by atoms with Crippen LogP contribution < -0.4 is 16.8 Å². The molecule has 0 fully saturated rings. The van der Waals surface area contributed by atoms with E-state index >= 15 is 0 Å². The van der Waals surface area contributed by atoms with E-state index in [0.29, 0.717) is 16.1 Å². The Morgan fingerprint density at radius 1 is 0.971 bits per heavy atom. The molecule has 10 heteroatoms. The maximum atomic E-state index is 13.0. The van der Waals surface area contributed by atoms with Gasteiger partial charge in [-0.25, -0.2) is 0 Å². The average molecular weight is 499 g/mol. The maximum Gasteiger partial charge on any atom is 0.215 e. The second kappa shape index (κ2) is 9.62. The van der Waals surface area contributed by atoms with Crippen molar-refractivity contribution in [2.24, 2.45) is 5.73 Å². The Labute approximate surface area is 209 Å². The van der Waals surface area contributed by atoms with Gasteiger partial charge in [-0.05, 0) is 29.8 Å². The number of thiophene rings is 1. The summed E-state index contributed by atoms with van der Waals surface area (Å²) in [7, 11) is 0. The van der Waals surface area contributed by atoms with E-state index in [1.54, 1.807) is 48.5 Å². The SMILES string of the molecule is N#CC1=C(N)OC(Nc2sc(C(=O)c3ccc(Cl)cc3)c(N)c2C#N)=C(C#N)C1c1ccccc1. The monoisotopic (exact) mass is 498 g/mol. The first-order valence-electron chi connectivity index (χ1n) is 10.1. The highest BCUT2D eigenvalue weighted by Gasteiger charge is 2.34. The summed E-state index contributed by atoms with van der Waals surface area (Å²) in [6.45, 7) is 0. The number of ketones is 1. The summed E-state index contributed by atoms with van der Waals surface area (Å²) >= 11 is 6.85. The Hall–Kier alpha value is -4.75. The van der Waals surface area contributed by atoms with Crippen LogP contribution in [0.25, 0.3) is 0 Å². The molecule has 0 bridgehead atoms. The van der Waals surface area contributed by atoms with Gasteiger partial charge in [-0.2, -0.15) is 15.8 Å². The number of nitrogens with one attached hydrogen (secondary N) is 1. The maximum absolute atomic E-state index is 13.0. The summed E-state index contributed by atoms with van der Waals surface area (Å²) in [4.78, 5) is 13.2. The molecule has 4 rings (SSSR count). The summed E-state index contributed by atoms with van der Waals surface area (Å²) < 4.78 is 5.59. The summed E-state index contributed by atoms with van der Waals surface area (Å²) in [5, 5.41) is 32.9. The predicted octanol–water partition coefficient (Wildman–Crippen LogP) is 4.74. The third-order valence-corrected chi connectivity index (χ3v) is 6.64. The van der Waals surface area contributed by atoms with Crippen LogP contribution in [0.15, 0.2) is 77.5 Å². The molecule has 0 aliphatic carbocycles. The van der Waals surface area contributed by atoms with Gasteiger partial charge in [0, 0.05) is 10.6 Å². The molecular weight excluding hydrogens is 484 g/mol. The van der Waals surface area contributed by atoms with Gasteiger partial charge in [0.2, 0.25) is 17.5 Å². The Bertz CT molecular complexity index is 1520. The molecule has 0 amide bonds. The van der Waals surface area contributed by atoms with E-state index in [0.717, 1.165) is 11.3 Å². The van der Waals surface area contributed by atoms with E-state index in [1.807, 2.05) is 18.2 Å². The van der Waals surface area contributed by atoms with Gasteiger partial charge in [0.05, 0.1) is 11.6 Å². The summed E-state index contributed by atoms with van der Waals surface area (Å²) in [6, 6.07) is 21.3. The first-order chi connectivity index (χ1) is 16.9. The smallest absolute Gasteiger partial charge is 0.215 e. The highest BCUT2D eigenvalue weighted by molar-refractivity contribution is 7.19. The van der Waals surface area contributed by atoms with Crippen molar-refractivity contribution < 1.29 is 9.53 Å². The quantitative estimate of drug-likeness (QED) is 0.424. The molecule has 170 valence electrons. The normalized spacial score (nSPS) is 15.0. The van der Waals surface area contributed by atoms with Crippen molar-refractivity contribution in [1.29, 1.82) is 15.8 Å². The van der Waals surface area contributed by atoms with E-state index in [-0.39, 0.29) is 49.8 Å². The van der Waals surface area contributed by atoms with Crippen molar-refractivity contribution in [2.45, 2.75) is 5.92 Å². The minimum Gasteiger partial charge on any atom is -0.423 e. The van der Waals surface area contributed by atoms with Crippen molar-refractivity contribution in [1.82, 2.24) is 0 Å². The molecular formula is C25H15ClN6O2S. The number of rotatable bonds is 5.